The zero-order chi connectivity index (χ0) is 14.0. The summed E-state index contributed by atoms with van der Waals surface area (Å²) in [5, 5.41) is 12.1. The molecule has 1 saturated carbocycles. The van der Waals surface area contributed by atoms with Gasteiger partial charge in [0.2, 0.25) is 0 Å². The number of hydrogen-bond donors (Lipinski definition) is 4. The highest BCUT2D eigenvalue weighted by molar-refractivity contribution is 5.92. The lowest BCUT2D eigenvalue weighted by Gasteiger charge is -2.38. The number of carbonyl (C=O) groups is 2. The number of carbonyl (C=O) groups excluding carboxylic acids is 1. The van der Waals surface area contributed by atoms with Gasteiger partial charge in [0.15, 0.2) is 0 Å². The maximum atomic E-state index is 11.9. The van der Waals surface area contributed by atoms with Crippen LogP contribution in [0, 0.1) is 5.41 Å². The molecule has 1 amide bonds. The summed E-state index contributed by atoms with van der Waals surface area (Å²) in [5.41, 5.74) is -1.30. The third-order valence-corrected chi connectivity index (χ3v) is 3.84. The predicted octanol–water partition coefficient (Wildman–Crippen LogP) is 0.466. The summed E-state index contributed by atoms with van der Waals surface area (Å²) in [4.78, 5) is 39.0. The van der Waals surface area contributed by atoms with E-state index in [-0.39, 0.29) is 5.69 Å². The van der Waals surface area contributed by atoms with Crippen LogP contribution in [-0.2, 0) is 4.79 Å². The molecule has 2 unspecified atom stereocenters. The minimum atomic E-state index is -0.954. The number of aliphatic carboxylic acids is 1. The van der Waals surface area contributed by atoms with E-state index < -0.39 is 29.0 Å². The number of aromatic nitrogens is 2. The third-order valence-electron chi connectivity index (χ3n) is 3.84. The summed E-state index contributed by atoms with van der Waals surface area (Å²) >= 11 is 0. The standard InChI is InChI=1S/C12H17N3O4/c1-12(10(17)18)5-3-2-4-8(12)15-9(16)7-6-13-11(19)14-7/h6,8H,2-5H2,1H3,(H,15,16)(H,17,18)(H2,13,14,19). The Morgan fingerprint density at radius 2 is 2.21 bits per heavy atom. The number of rotatable bonds is 3. The molecule has 0 aromatic carbocycles. The van der Waals surface area contributed by atoms with Gasteiger partial charge in [-0.2, -0.15) is 0 Å². The van der Waals surface area contributed by atoms with E-state index in [0.717, 1.165) is 12.8 Å². The molecule has 1 aliphatic rings. The van der Waals surface area contributed by atoms with Gasteiger partial charge in [-0.3, -0.25) is 9.59 Å². The zero-order valence-electron chi connectivity index (χ0n) is 10.7. The van der Waals surface area contributed by atoms with Crippen LogP contribution < -0.4 is 11.0 Å². The van der Waals surface area contributed by atoms with Crippen molar-refractivity contribution in [3.63, 3.8) is 0 Å². The number of H-pyrrole nitrogens is 2. The second-order valence-corrected chi connectivity index (χ2v) is 5.15. The average Bonchev–Trinajstić information content (AvgIpc) is 2.79. The molecule has 0 radical (unpaired) electrons. The second kappa shape index (κ2) is 4.91. The van der Waals surface area contributed by atoms with Crippen molar-refractivity contribution < 1.29 is 14.7 Å². The molecule has 0 saturated heterocycles. The van der Waals surface area contributed by atoms with Crippen molar-refractivity contribution in [1.29, 1.82) is 0 Å². The van der Waals surface area contributed by atoms with Crippen molar-refractivity contribution in [2.75, 3.05) is 0 Å². The van der Waals surface area contributed by atoms with Crippen molar-refractivity contribution in [3.05, 3.63) is 22.4 Å². The fraction of sp³-hybridized carbons (Fsp3) is 0.583. The molecule has 1 aromatic heterocycles. The predicted molar refractivity (Wildman–Crippen MR) is 66.9 cm³/mol. The van der Waals surface area contributed by atoms with Gasteiger partial charge in [-0.15, -0.1) is 0 Å². The van der Waals surface area contributed by atoms with Gasteiger partial charge in [-0.05, 0) is 19.8 Å². The van der Waals surface area contributed by atoms with E-state index in [1.807, 2.05) is 0 Å². The van der Waals surface area contributed by atoms with Crippen LogP contribution in [0.1, 0.15) is 43.1 Å². The first-order valence-electron chi connectivity index (χ1n) is 6.25. The number of nitrogens with one attached hydrogen (secondary N) is 3. The van der Waals surface area contributed by atoms with Crippen LogP contribution in [0.3, 0.4) is 0 Å². The summed E-state index contributed by atoms with van der Waals surface area (Å²) in [7, 11) is 0. The highest BCUT2D eigenvalue weighted by Crippen LogP contribution is 2.36. The zero-order valence-corrected chi connectivity index (χ0v) is 10.7. The molecule has 19 heavy (non-hydrogen) atoms. The van der Waals surface area contributed by atoms with Gasteiger partial charge in [0.25, 0.3) is 5.91 Å². The van der Waals surface area contributed by atoms with E-state index in [0.29, 0.717) is 12.8 Å². The van der Waals surface area contributed by atoms with Gasteiger partial charge in [0.05, 0.1) is 5.41 Å². The molecule has 7 nitrogen and oxygen atoms in total. The molecule has 0 aliphatic heterocycles. The average molecular weight is 267 g/mol. The van der Waals surface area contributed by atoms with Gasteiger partial charge in [-0.25, -0.2) is 4.79 Å². The van der Waals surface area contributed by atoms with Crippen molar-refractivity contribution in [3.8, 4) is 0 Å². The molecular formula is C12H17N3O4. The molecule has 1 heterocycles. The van der Waals surface area contributed by atoms with Gasteiger partial charge in [0, 0.05) is 12.2 Å². The molecule has 4 N–H and O–H groups in total. The Bertz CT molecular complexity index is 547. The molecule has 0 spiro atoms. The molecule has 0 bridgehead atoms. The van der Waals surface area contributed by atoms with Crippen LogP contribution in [0.5, 0.6) is 0 Å². The number of carboxylic acids is 1. The van der Waals surface area contributed by atoms with E-state index >= 15 is 0 Å². The summed E-state index contributed by atoms with van der Waals surface area (Å²) < 4.78 is 0. The van der Waals surface area contributed by atoms with Crippen LogP contribution in [0.2, 0.25) is 0 Å². The fourth-order valence-electron chi connectivity index (χ4n) is 2.51. The van der Waals surface area contributed by atoms with Gasteiger partial charge in [0.1, 0.15) is 5.69 Å². The number of hydrogen-bond acceptors (Lipinski definition) is 3. The third kappa shape index (κ3) is 2.54. The van der Waals surface area contributed by atoms with E-state index in [1.54, 1.807) is 6.92 Å². The molecule has 104 valence electrons. The topological polar surface area (TPSA) is 115 Å². The molecule has 2 rings (SSSR count). The summed E-state index contributed by atoms with van der Waals surface area (Å²) in [5.74, 6) is -1.36. The smallest absolute Gasteiger partial charge is 0.323 e. The fourth-order valence-corrected chi connectivity index (χ4v) is 2.51. The van der Waals surface area contributed by atoms with Gasteiger partial charge < -0.3 is 20.4 Å². The summed E-state index contributed by atoms with van der Waals surface area (Å²) in [6, 6.07) is -0.426. The van der Waals surface area contributed by atoms with E-state index in [1.165, 1.54) is 6.20 Å². The largest absolute Gasteiger partial charge is 0.481 e. The van der Waals surface area contributed by atoms with Crippen LogP contribution >= 0.6 is 0 Å². The normalized spacial score (nSPS) is 26.9. The van der Waals surface area contributed by atoms with Crippen LogP contribution in [0.15, 0.2) is 11.0 Å². The minimum absolute atomic E-state index is 0.114. The Hall–Kier alpha value is -2.05. The van der Waals surface area contributed by atoms with Crippen molar-refractivity contribution in [1.82, 2.24) is 15.3 Å². The molecule has 1 aliphatic carbocycles. The number of amides is 1. The number of imidazole rings is 1. The second-order valence-electron chi connectivity index (χ2n) is 5.15. The Balaban J connectivity index is 2.14. The lowest BCUT2D eigenvalue weighted by Crippen LogP contribution is -2.52. The van der Waals surface area contributed by atoms with Crippen molar-refractivity contribution in [2.45, 2.75) is 38.6 Å². The quantitative estimate of drug-likeness (QED) is 0.637. The van der Waals surface area contributed by atoms with E-state index in [4.69, 9.17) is 0 Å². The minimum Gasteiger partial charge on any atom is -0.481 e. The molecule has 7 heteroatoms. The first kappa shape index (κ1) is 13.4. The Morgan fingerprint density at radius 3 is 2.79 bits per heavy atom. The van der Waals surface area contributed by atoms with E-state index in [9.17, 15) is 19.5 Å². The number of aromatic amines is 2. The SMILES string of the molecule is CC1(C(=O)O)CCCCC1NC(=O)c1c[nH]c(=O)[nH]1. The first-order valence-corrected chi connectivity index (χ1v) is 6.25. The first-order chi connectivity index (χ1) is 8.93. The van der Waals surface area contributed by atoms with Crippen LogP contribution in [0.25, 0.3) is 0 Å². The van der Waals surface area contributed by atoms with Crippen LogP contribution in [0.4, 0.5) is 0 Å². The summed E-state index contributed by atoms with van der Waals surface area (Å²) in [6.45, 7) is 1.65. The highest BCUT2D eigenvalue weighted by Gasteiger charge is 2.43. The Labute approximate surface area is 109 Å². The highest BCUT2D eigenvalue weighted by atomic mass is 16.4. The van der Waals surface area contributed by atoms with Crippen molar-refractivity contribution >= 4 is 11.9 Å². The maximum Gasteiger partial charge on any atom is 0.323 e. The molecular weight excluding hydrogens is 250 g/mol. The van der Waals surface area contributed by atoms with E-state index in [2.05, 4.69) is 15.3 Å². The Kier molecular flexibility index (Phi) is 3.46. The van der Waals surface area contributed by atoms with Gasteiger partial charge in [-0.1, -0.05) is 12.8 Å². The van der Waals surface area contributed by atoms with Crippen molar-refractivity contribution in [2.24, 2.45) is 5.41 Å². The Morgan fingerprint density at radius 1 is 1.47 bits per heavy atom. The summed E-state index contributed by atoms with van der Waals surface area (Å²) in [6.07, 6.45) is 4.17. The lowest BCUT2D eigenvalue weighted by molar-refractivity contribution is -0.151. The van der Waals surface area contributed by atoms with Crippen LogP contribution in [-0.4, -0.2) is 33.0 Å². The lowest BCUT2D eigenvalue weighted by atomic mass is 9.71. The molecule has 1 aromatic rings. The maximum absolute atomic E-state index is 11.9. The number of carboxylic acid groups (broad SMARTS) is 1. The van der Waals surface area contributed by atoms with Gasteiger partial charge >= 0.3 is 11.7 Å². The monoisotopic (exact) mass is 267 g/mol. The molecule has 1 fully saturated rings. The molecule has 2 atom stereocenters.